The molecule has 3 heteroatoms. The molecule has 0 heterocycles. The zero-order valence-electron chi connectivity index (χ0n) is 9.30. The van der Waals surface area contributed by atoms with E-state index in [1.54, 1.807) is 0 Å². The third-order valence-electron chi connectivity index (χ3n) is 2.35. The van der Waals surface area contributed by atoms with Crippen LogP contribution in [-0.2, 0) is 11.2 Å². The molecule has 0 aliphatic rings. The lowest BCUT2D eigenvalue weighted by molar-refractivity contribution is -0.115. The summed E-state index contributed by atoms with van der Waals surface area (Å²) in [7, 11) is 0. The first-order valence-corrected chi connectivity index (χ1v) is 6.01. The van der Waals surface area contributed by atoms with Gasteiger partial charge in [0.05, 0.1) is 4.83 Å². The van der Waals surface area contributed by atoms with Gasteiger partial charge in [0.2, 0.25) is 5.91 Å². The second-order valence-corrected chi connectivity index (χ2v) is 4.94. The van der Waals surface area contributed by atoms with E-state index in [4.69, 9.17) is 0 Å². The van der Waals surface area contributed by atoms with Gasteiger partial charge in [0.25, 0.3) is 0 Å². The number of rotatable bonds is 3. The normalized spacial score (nSPS) is 12.3. The minimum absolute atomic E-state index is 0.000926. The number of alkyl halides is 1. The lowest BCUT2D eigenvalue weighted by atomic mass is 10.1. The topological polar surface area (TPSA) is 29.1 Å². The molecule has 0 aromatic heterocycles. The molecule has 82 valence electrons. The standard InChI is InChI=1S/C12H16BrNO/c1-4-10-7-5-6-8(2)11(10)14-12(15)9(3)13/h5-7,9H,4H2,1-3H3,(H,14,15)/t9-/m0/s1. The number of hydrogen-bond acceptors (Lipinski definition) is 1. The fraction of sp³-hybridized carbons (Fsp3) is 0.417. The van der Waals surface area contributed by atoms with Crippen molar-refractivity contribution in [3.63, 3.8) is 0 Å². The molecular weight excluding hydrogens is 254 g/mol. The zero-order chi connectivity index (χ0) is 11.4. The smallest absolute Gasteiger partial charge is 0.237 e. The van der Waals surface area contributed by atoms with Crippen molar-refractivity contribution in [3.05, 3.63) is 29.3 Å². The van der Waals surface area contributed by atoms with Gasteiger partial charge in [0.15, 0.2) is 0 Å². The lowest BCUT2D eigenvalue weighted by Gasteiger charge is -2.13. The van der Waals surface area contributed by atoms with Crippen molar-refractivity contribution in [1.29, 1.82) is 0 Å². The van der Waals surface area contributed by atoms with Crippen molar-refractivity contribution in [3.8, 4) is 0 Å². The van der Waals surface area contributed by atoms with Gasteiger partial charge in [0.1, 0.15) is 0 Å². The van der Waals surface area contributed by atoms with E-state index in [-0.39, 0.29) is 10.7 Å². The van der Waals surface area contributed by atoms with Crippen LogP contribution in [0.2, 0.25) is 0 Å². The lowest BCUT2D eigenvalue weighted by Crippen LogP contribution is -2.21. The SMILES string of the molecule is CCc1cccc(C)c1NC(=O)[C@H](C)Br. The van der Waals surface area contributed by atoms with Crippen LogP contribution in [-0.4, -0.2) is 10.7 Å². The molecule has 0 saturated carbocycles. The summed E-state index contributed by atoms with van der Waals surface area (Å²) in [5.74, 6) is -0.000926. The highest BCUT2D eigenvalue weighted by atomic mass is 79.9. The maximum absolute atomic E-state index is 11.6. The first-order chi connectivity index (χ1) is 7.06. The van der Waals surface area contributed by atoms with E-state index < -0.39 is 0 Å². The van der Waals surface area contributed by atoms with Gasteiger partial charge in [0, 0.05) is 5.69 Å². The van der Waals surface area contributed by atoms with Gasteiger partial charge < -0.3 is 5.32 Å². The van der Waals surface area contributed by atoms with Crippen LogP contribution in [0.4, 0.5) is 5.69 Å². The predicted molar refractivity (Wildman–Crippen MR) is 67.6 cm³/mol. The van der Waals surface area contributed by atoms with Crippen molar-refractivity contribution in [2.45, 2.75) is 32.0 Å². The minimum Gasteiger partial charge on any atom is -0.325 e. The van der Waals surface area contributed by atoms with E-state index in [0.29, 0.717) is 0 Å². The molecule has 0 fully saturated rings. The average molecular weight is 270 g/mol. The van der Waals surface area contributed by atoms with Gasteiger partial charge in [-0.25, -0.2) is 0 Å². The van der Waals surface area contributed by atoms with Crippen LogP contribution in [0.15, 0.2) is 18.2 Å². The molecule has 1 aromatic carbocycles. The van der Waals surface area contributed by atoms with Crippen LogP contribution >= 0.6 is 15.9 Å². The third kappa shape index (κ3) is 3.06. The first kappa shape index (κ1) is 12.2. The highest BCUT2D eigenvalue weighted by molar-refractivity contribution is 9.10. The fourth-order valence-corrected chi connectivity index (χ4v) is 1.54. The van der Waals surface area contributed by atoms with Crippen LogP contribution in [0.3, 0.4) is 0 Å². The van der Waals surface area contributed by atoms with E-state index in [0.717, 1.165) is 17.7 Å². The Morgan fingerprint density at radius 3 is 2.73 bits per heavy atom. The first-order valence-electron chi connectivity index (χ1n) is 5.09. The van der Waals surface area contributed by atoms with Crippen molar-refractivity contribution in [2.75, 3.05) is 5.32 Å². The summed E-state index contributed by atoms with van der Waals surface area (Å²) in [6, 6.07) is 6.07. The van der Waals surface area contributed by atoms with Gasteiger partial charge in [-0.3, -0.25) is 4.79 Å². The number of aryl methyl sites for hydroxylation is 2. The van der Waals surface area contributed by atoms with Crippen molar-refractivity contribution in [2.24, 2.45) is 0 Å². The number of nitrogens with one attached hydrogen (secondary N) is 1. The van der Waals surface area contributed by atoms with Gasteiger partial charge in [-0.2, -0.15) is 0 Å². The van der Waals surface area contributed by atoms with E-state index >= 15 is 0 Å². The fourth-order valence-electron chi connectivity index (χ4n) is 1.42. The van der Waals surface area contributed by atoms with E-state index in [1.807, 2.05) is 32.0 Å². The third-order valence-corrected chi connectivity index (χ3v) is 2.77. The number of carbonyl (C=O) groups is 1. The predicted octanol–water partition coefficient (Wildman–Crippen LogP) is 3.28. The Labute approximate surface area is 99.2 Å². The van der Waals surface area contributed by atoms with Gasteiger partial charge >= 0.3 is 0 Å². The van der Waals surface area contributed by atoms with Crippen molar-refractivity contribution < 1.29 is 4.79 Å². The molecule has 1 rings (SSSR count). The van der Waals surface area contributed by atoms with Gasteiger partial charge in [-0.1, -0.05) is 41.1 Å². The quantitative estimate of drug-likeness (QED) is 0.839. The maximum atomic E-state index is 11.6. The summed E-state index contributed by atoms with van der Waals surface area (Å²) in [5, 5.41) is 2.94. The zero-order valence-corrected chi connectivity index (χ0v) is 10.9. The number of anilines is 1. The molecule has 0 saturated heterocycles. The Hall–Kier alpha value is -0.830. The highest BCUT2D eigenvalue weighted by Gasteiger charge is 2.12. The number of amides is 1. The molecule has 1 amide bonds. The molecule has 15 heavy (non-hydrogen) atoms. The Morgan fingerprint density at radius 1 is 1.53 bits per heavy atom. The van der Waals surface area contributed by atoms with Crippen LogP contribution in [0, 0.1) is 6.92 Å². The molecule has 0 spiro atoms. The van der Waals surface area contributed by atoms with Crippen molar-refractivity contribution >= 4 is 27.5 Å². The second kappa shape index (κ2) is 5.31. The molecule has 0 radical (unpaired) electrons. The van der Waals surface area contributed by atoms with Gasteiger partial charge in [-0.15, -0.1) is 0 Å². The Kier molecular flexibility index (Phi) is 4.33. The monoisotopic (exact) mass is 269 g/mol. The number of carbonyl (C=O) groups excluding carboxylic acids is 1. The molecule has 0 unspecified atom stereocenters. The molecule has 0 aliphatic carbocycles. The number of hydrogen-bond donors (Lipinski definition) is 1. The molecule has 0 bridgehead atoms. The van der Waals surface area contributed by atoms with Crippen LogP contribution < -0.4 is 5.32 Å². The molecule has 1 atom stereocenters. The molecule has 0 aliphatic heterocycles. The van der Waals surface area contributed by atoms with Crippen LogP contribution in [0.25, 0.3) is 0 Å². The number of benzene rings is 1. The van der Waals surface area contributed by atoms with Crippen LogP contribution in [0.5, 0.6) is 0 Å². The summed E-state index contributed by atoms with van der Waals surface area (Å²) in [4.78, 5) is 11.4. The van der Waals surface area contributed by atoms with Crippen LogP contribution in [0.1, 0.15) is 25.0 Å². The van der Waals surface area contributed by atoms with E-state index in [2.05, 4.69) is 28.2 Å². The summed E-state index contributed by atoms with van der Waals surface area (Å²) >= 11 is 3.26. The number of halogens is 1. The van der Waals surface area contributed by atoms with E-state index in [9.17, 15) is 4.79 Å². The van der Waals surface area contributed by atoms with Crippen molar-refractivity contribution in [1.82, 2.24) is 0 Å². The average Bonchev–Trinajstić information content (AvgIpc) is 2.20. The van der Waals surface area contributed by atoms with Gasteiger partial charge in [-0.05, 0) is 31.4 Å². The molecule has 1 aromatic rings. The Bertz CT molecular complexity index is 361. The van der Waals surface area contributed by atoms with E-state index in [1.165, 1.54) is 5.56 Å². The summed E-state index contributed by atoms with van der Waals surface area (Å²) in [5.41, 5.74) is 3.24. The Balaban J connectivity index is 2.97. The highest BCUT2D eigenvalue weighted by Crippen LogP contribution is 2.21. The largest absolute Gasteiger partial charge is 0.325 e. The molecular formula is C12H16BrNO. The second-order valence-electron chi connectivity index (χ2n) is 3.57. The number of para-hydroxylation sites is 1. The Morgan fingerprint density at radius 2 is 2.20 bits per heavy atom. The minimum atomic E-state index is -0.165. The summed E-state index contributed by atoms with van der Waals surface area (Å²) in [6.07, 6.45) is 0.925. The molecule has 2 nitrogen and oxygen atoms in total. The summed E-state index contributed by atoms with van der Waals surface area (Å²) < 4.78 is 0. The molecule has 1 N–H and O–H groups in total. The summed E-state index contributed by atoms with van der Waals surface area (Å²) in [6.45, 7) is 5.91. The maximum Gasteiger partial charge on any atom is 0.237 e.